The molecular formula is C17H17NO2. The lowest BCUT2D eigenvalue weighted by Gasteiger charge is -2.17. The van der Waals surface area contributed by atoms with Crippen LogP contribution in [0.3, 0.4) is 0 Å². The van der Waals surface area contributed by atoms with Crippen molar-refractivity contribution in [2.24, 2.45) is 5.73 Å². The van der Waals surface area contributed by atoms with Crippen LogP contribution in [0.15, 0.2) is 54.6 Å². The predicted molar refractivity (Wildman–Crippen MR) is 77.0 cm³/mol. The van der Waals surface area contributed by atoms with Crippen LogP contribution in [0.2, 0.25) is 0 Å². The minimum absolute atomic E-state index is 0.159. The summed E-state index contributed by atoms with van der Waals surface area (Å²) in [7, 11) is 0. The molecule has 0 radical (unpaired) electrons. The van der Waals surface area contributed by atoms with Crippen LogP contribution >= 0.6 is 0 Å². The smallest absolute Gasteiger partial charge is 0.328 e. The van der Waals surface area contributed by atoms with Crippen molar-refractivity contribution in [2.45, 2.75) is 25.0 Å². The van der Waals surface area contributed by atoms with Crippen LogP contribution < -0.4 is 5.73 Å². The zero-order valence-corrected chi connectivity index (χ0v) is 11.2. The number of carbonyl (C=O) groups excluding carboxylic acids is 1. The van der Waals surface area contributed by atoms with Crippen molar-refractivity contribution in [3.05, 3.63) is 71.3 Å². The van der Waals surface area contributed by atoms with Gasteiger partial charge in [-0.05, 0) is 29.5 Å². The fourth-order valence-corrected chi connectivity index (χ4v) is 2.65. The average molecular weight is 267 g/mol. The van der Waals surface area contributed by atoms with E-state index in [0.29, 0.717) is 0 Å². The second-order valence-corrected chi connectivity index (χ2v) is 5.05. The molecular weight excluding hydrogens is 250 g/mol. The van der Waals surface area contributed by atoms with E-state index in [1.165, 1.54) is 5.56 Å². The molecule has 3 heteroatoms. The van der Waals surface area contributed by atoms with E-state index in [-0.39, 0.29) is 12.1 Å². The van der Waals surface area contributed by atoms with Gasteiger partial charge in [-0.1, -0.05) is 54.6 Å². The number of carbonyl (C=O) groups is 1. The quantitative estimate of drug-likeness (QED) is 0.870. The molecule has 0 fully saturated rings. The van der Waals surface area contributed by atoms with Gasteiger partial charge >= 0.3 is 5.97 Å². The van der Waals surface area contributed by atoms with E-state index in [1.54, 1.807) is 0 Å². The van der Waals surface area contributed by atoms with Gasteiger partial charge in [-0.3, -0.25) is 0 Å². The van der Waals surface area contributed by atoms with Gasteiger partial charge in [0.05, 0.1) is 0 Å². The molecule has 0 aromatic heterocycles. The molecule has 20 heavy (non-hydrogen) atoms. The Hall–Kier alpha value is -2.13. The molecule has 3 nitrogen and oxygen atoms in total. The highest BCUT2D eigenvalue weighted by Gasteiger charge is 2.27. The highest BCUT2D eigenvalue weighted by atomic mass is 16.5. The summed E-state index contributed by atoms with van der Waals surface area (Å²) in [6.07, 6.45) is 1.63. The Morgan fingerprint density at radius 1 is 1.10 bits per heavy atom. The van der Waals surface area contributed by atoms with Crippen molar-refractivity contribution in [2.75, 3.05) is 0 Å². The summed E-state index contributed by atoms with van der Waals surface area (Å²) >= 11 is 0. The summed E-state index contributed by atoms with van der Waals surface area (Å²) in [4.78, 5) is 12.2. The second-order valence-electron chi connectivity index (χ2n) is 5.05. The molecule has 0 spiro atoms. The van der Waals surface area contributed by atoms with Crippen LogP contribution in [-0.2, 0) is 16.0 Å². The van der Waals surface area contributed by atoms with Crippen molar-refractivity contribution in [3.8, 4) is 0 Å². The van der Waals surface area contributed by atoms with Gasteiger partial charge in [0, 0.05) is 0 Å². The number of benzene rings is 2. The van der Waals surface area contributed by atoms with Crippen molar-refractivity contribution in [3.63, 3.8) is 0 Å². The van der Waals surface area contributed by atoms with E-state index in [2.05, 4.69) is 6.07 Å². The topological polar surface area (TPSA) is 52.3 Å². The molecule has 2 aromatic rings. The normalized spacial score (nSPS) is 18.4. The number of rotatable bonds is 3. The molecule has 0 aliphatic heterocycles. The summed E-state index contributed by atoms with van der Waals surface area (Å²) in [5.41, 5.74) is 9.12. The van der Waals surface area contributed by atoms with Gasteiger partial charge in [0.1, 0.15) is 12.1 Å². The maximum atomic E-state index is 12.2. The Morgan fingerprint density at radius 3 is 2.60 bits per heavy atom. The van der Waals surface area contributed by atoms with Gasteiger partial charge in [-0.25, -0.2) is 4.79 Å². The molecule has 1 aliphatic carbocycles. The van der Waals surface area contributed by atoms with Crippen LogP contribution in [0, 0.1) is 0 Å². The Bertz CT molecular complexity index is 609. The third-order valence-electron chi connectivity index (χ3n) is 3.75. The van der Waals surface area contributed by atoms with Gasteiger partial charge in [-0.15, -0.1) is 0 Å². The number of esters is 1. The molecule has 1 aliphatic rings. The molecule has 3 rings (SSSR count). The number of aryl methyl sites for hydroxylation is 1. The Balaban J connectivity index is 1.72. The standard InChI is InChI=1S/C17H17NO2/c18-16(13-7-2-1-3-8-13)17(19)20-15-11-10-12-6-4-5-9-14(12)15/h1-9,15-16H,10-11,18H2/t15?,16-/m0/s1. The van der Waals surface area contributed by atoms with Crippen LogP contribution in [0.5, 0.6) is 0 Å². The first-order chi connectivity index (χ1) is 9.75. The van der Waals surface area contributed by atoms with E-state index in [4.69, 9.17) is 10.5 Å². The average Bonchev–Trinajstić information content (AvgIpc) is 2.91. The first-order valence-electron chi connectivity index (χ1n) is 6.84. The molecule has 2 aromatic carbocycles. The Kier molecular flexibility index (Phi) is 3.52. The minimum atomic E-state index is -0.719. The molecule has 2 atom stereocenters. The predicted octanol–water partition coefficient (Wildman–Crippen LogP) is 2.92. The fourth-order valence-electron chi connectivity index (χ4n) is 2.65. The van der Waals surface area contributed by atoms with E-state index >= 15 is 0 Å². The van der Waals surface area contributed by atoms with Gasteiger partial charge in [0.15, 0.2) is 0 Å². The number of fused-ring (bicyclic) bond motifs is 1. The highest BCUT2D eigenvalue weighted by molar-refractivity contribution is 5.77. The lowest BCUT2D eigenvalue weighted by Crippen LogP contribution is -2.24. The largest absolute Gasteiger partial charge is 0.456 e. The number of hydrogen-bond donors (Lipinski definition) is 1. The molecule has 0 heterocycles. The number of hydrogen-bond acceptors (Lipinski definition) is 3. The van der Waals surface area contributed by atoms with E-state index in [1.807, 2.05) is 48.5 Å². The van der Waals surface area contributed by atoms with Gasteiger partial charge in [0.2, 0.25) is 0 Å². The van der Waals surface area contributed by atoms with Gasteiger partial charge in [0.25, 0.3) is 0 Å². The maximum Gasteiger partial charge on any atom is 0.328 e. The zero-order valence-electron chi connectivity index (χ0n) is 11.2. The SMILES string of the molecule is N[C@H](C(=O)OC1CCc2ccccc21)c1ccccc1. The maximum absolute atomic E-state index is 12.2. The van der Waals surface area contributed by atoms with E-state index < -0.39 is 6.04 Å². The van der Waals surface area contributed by atoms with Crippen molar-refractivity contribution < 1.29 is 9.53 Å². The zero-order chi connectivity index (χ0) is 13.9. The minimum Gasteiger partial charge on any atom is -0.456 e. The third-order valence-corrected chi connectivity index (χ3v) is 3.75. The van der Waals surface area contributed by atoms with E-state index in [0.717, 1.165) is 24.0 Å². The summed E-state index contributed by atoms with van der Waals surface area (Å²) in [5, 5.41) is 0. The highest BCUT2D eigenvalue weighted by Crippen LogP contribution is 2.34. The molecule has 0 saturated heterocycles. The number of nitrogens with two attached hydrogens (primary N) is 1. The van der Waals surface area contributed by atoms with Crippen LogP contribution in [0.25, 0.3) is 0 Å². The monoisotopic (exact) mass is 267 g/mol. The molecule has 1 unspecified atom stereocenters. The number of ether oxygens (including phenoxy) is 1. The molecule has 0 saturated carbocycles. The summed E-state index contributed by atoms with van der Waals surface area (Å²) in [5.74, 6) is -0.363. The lowest BCUT2D eigenvalue weighted by atomic mass is 10.1. The molecule has 2 N–H and O–H groups in total. The van der Waals surface area contributed by atoms with Crippen LogP contribution in [0.4, 0.5) is 0 Å². The van der Waals surface area contributed by atoms with Gasteiger partial charge in [-0.2, -0.15) is 0 Å². The van der Waals surface area contributed by atoms with E-state index in [9.17, 15) is 4.79 Å². The first kappa shape index (κ1) is 12.9. The van der Waals surface area contributed by atoms with Crippen molar-refractivity contribution in [1.29, 1.82) is 0 Å². The molecule has 0 bridgehead atoms. The summed E-state index contributed by atoms with van der Waals surface area (Å²) in [6, 6.07) is 16.7. The Morgan fingerprint density at radius 2 is 1.80 bits per heavy atom. The fraction of sp³-hybridized carbons (Fsp3) is 0.235. The molecule has 0 amide bonds. The third kappa shape index (κ3) is 2.45. The van der Waals surface area contributed by atoms with Crippen molar-refractivity contribution >= 4 is 5.97 Å². The summed E-state index contributed by atoms with van der Waals surface area (Å²) in [6.45, 7) is 0. The Labute approximate surface area is 118 Å². The van der Waals surface area contributed by atoms with Crippen molar-refractivity contribution in [1.82, 2.24) is 0 Å². The van der Waals surface area contributed by atoms with Gasteiger partial charge < -0.3 is 10.5 Å². The summed E-state index contributed by atoms with van der Waals surface area (Å²) < 4.78 is 5.59. The lowest BCUT2D eigenvalue weighted by molar-refractivity contribution is -0.151. The van der Waals surface area contributed by atoms with Crippen LogP contribution in [0.1, 0.15) is 35.3 Å². The molecule has 102 valence electrons. The second kappa shape index (κ2) is 5.47. The first-order valence-corrected chi connectivity index (χ1v) is 6.84. The van der Waals surface area contributed by atoms with Crippen LogP contribution in [-0.4, -0.2) is 5.97 Å².